The zero-order valence-corrected chi connectivity index (χ0v) is 16.8. The fourth-order valence-corrected chi connectivity index (χ4v) is 3.09. The van der Waals surface area contributed by atoms with Gasteiger partial charge >= 0.3 is 18.2 Å². The van der Waals surface area contributed by atoms with Crippen LogP contribution in [0.4, 0.5) is 23.7 Å². The summed E-state index contributed by atoms with van der Waals surface area (Å²) in [4.78, 5) is 48.9. The van der Waals surface area contributed by atoms with Crippen molar-refractivity contribution in [3.8, 4) is 0 Å². The zero-order chi connectivity index (χ0) is 22.7. The van der Waals surface area contributed by atoms with Crippen LogP contribution in [-0.2, 0) is 25.3 Å². The average molecular weight is 450 g/mol. The van der Waals surface area contributed by atoms with Crippen LogP contribution in [0.25, 0.3) is 0 Å². The van der Waals surface area contributed by atoms with Crippen LogP contribution in [-0.4, -0.2) is 47.4 Å². The lowest BCUT2D eigenvalue weighted by molar-refractivity contribution is -0.150. The van der Waals surface area contributed by atoms with E-state index in [1.165, 1.54) is 0 Å². The quantitative estimate of drug-likeness (QED) is 0.492. The van der Waals surface area contributed by atoms with Crippen LogP contribution in [0.15, 0.2) is 18.2 Å². The fraction of sp³-hybridized carbons (Fsp3) is 0.444. The van der Waals surface area contributed by atoms with Gasteiger partial charge in [-0.15, -0.1) is 0 Å². The van der Waals surface area contributed by atoms with E-state index in [9.17, 15) is 32.3 Å². The predicted octanol–water partition coefficient (Wildman–Crippen LogP) is 2.95. The molecule has 0 aromatic heterocycles. The molecule has 1 heterocycles. The standard InChI is InChI=1S/C18H19ClF3N3O5/c1-3-17(4-2)15(28)25(16(29)24-17)8-14(27)30-9-13(26)23-12-6-5-10(19)7-11(12)18(20,21)22/h5-7H,3-4,8-9H2,1-2H3,(H,23,26)(H,24,29). The molecular formula is C18H19ClF3N3O5. The molecule has 1 saturated heterocycles. The number of alkyl halides is 3. The number of carbonyl (C=O) groups excluding carboxylic acids is 4. The van der Waals surface area contributed by atoms with Gasteiger partial charge in [-0.2, -0.15) is 13.2 Å². The minimum Gasteiger partial charge on any atom is -0.454 e. The summed E-state index contributed by atoms with van der Waals surface area (Å²) in [5.41, 5.74) is -2.82. The first-order chi connectivity index (χ1) is 13.9. The number of esters is 1. The third-order valence-electron chi connectivity index (χ3n) is 4.67. The van der Waals surface area contributed by atoms with Crippen molar-refractivity contribution in [2.75, 3.05) is 18.5 Å². The van der Waals surface area contributed by atoms with Crippen molar-refractivity contribution in [2.45, 2.75) is 38.4 Å². The van der Waals surface area contributed by atoms with E-state index < -0.39 is 59.9 Å². The van der Waals surface area contributed by atoms with Crippen LogP contribution in [0.2, 0.25) is 5.02 Å². The fourth-order valence-electron chi connectivity index (χ4n) is 2.92. The molecule has 1 aliphatic heterocycles. The highest BCUT2D eigenvalue weighted by molar-refractivity contribution is 6.30. The molecule has 4 amide bonds. The topological polar surface area (TPSA) is 105 Å². The molecule has 2 rings (SSSR count). The molecule has 0 saturated carbocycles. The summed E-state index contributed by atoms with van der Waals surface area (Å²) in [5.74, 6) is -2.69. The summed E-state index contributed by atoms with van der Waals surface area (Å²) in [6.45, 7) is 1.78. The van der Waals surface area contributed by atoms with Gasteiger partial charge in [0.15, 0.2) is 6.61 Å². The molecular weight excluding hydrogens is 431 g/mol. The molecule has 0 atom stereocenters. The number of nitrogens with zero attached hydrogens (tertiary/aromatic N) is 1. The Bertz CT molecular complexity index is 871. The lowest BCUT2D eigenvalue weighted by atomic mass is 9.93. The van der Waals surface area contributed by atoms with Gasteiger partial charge in [-0.25, -0.2) is 4.79 Å². The van der Waals surface area contributed by atoms with E-state index in [2.05, 4.69) is 10.1 Å². The highest BCUT2D eigenvalue weighted by Gasteiger charge is 2.49. The molecule has 1 aromatic rings. The molecule has 164 valence electrons. The number of imide groups is 1. The monoisotopic (exact) mass is 449 g/mol. The predicted molar refractivity (Wildman–Crippen MR) is 99.6 cm³/mol. The van der Waals surface area contributed by atoms with Gasteiger partial charge in [0.25, 0.3) is 11.8 Å². The summed E-state index contributed by atoms with van der Waals surface area (Å²) in [7, 11) is 0. The molecule has 1 fully saturated rings. The number of rotatable bonds is 7. The number of amides is 4. The second-order valence-corrected chi connectivity index (χ2v) is 6.94. The molecule has 1 aromatic carbocycles. The molecule has 12 heteroatoms. The molecule has 1 aliphatic rings. The molecule has 0 aliphatic carbocycles. The molecule has 0 bridgehead atoms. The van der Waals surface area contributed by atoms with Gasteiger partial charge < -0.3 is 15.4 Å². The van der Waals surface area contributed by atoms with Gasteiger partial charge in [-0.05, 0) is 31.0 Å². The van der Waals surface area contributed by atoms with E-state index in [0.29, 0.717) is 23.8 Å². The Hall–Kier alpha value is -2.82. The van der Waals surface area contributed by atoms with E-state index in [0.717, 1.165) is 12.1 Å². The third kappa shape index (κ3) is 5.02. The number of carbonyl (C=O) groups is 4. The number of anilines is 1. The minimum absolute atomic E-state index is 0.171. The maximum absolute atomic E-state index is 13.0. The summed E-state index contributed by atoms with van der Waals surface area (Å²) in [6.07, 6.45) is -4.12. The van der Waals surface area contributed by atoms with E-state index in [1.54, 1.807) is 13.8 Å². The number of nitrogens with one attached hydrogen (secondary N) is 2. The first-order valence-electron chi connectivity index (χ1n) is 8.90. The van der Waals surface area contributed by atoms with Crippen molar-refractivity contribution in [1.29, 1.82) is 0 Å². The van der Waals surface area contributed by atoms with Crippen LogP contribution < -0.4 is 10.6 Å². The highest BCUT2D eigenvalue weighted by atomic mass is 35.5. The van der Waals surface area contributed by atoms with Gasteiger partial charge in [-0.3, -0.25) is 19.3 Å². The van der Waals surface area contributed by atoms with Crippen molar-refractivity contribution in [3.05, 3.63) is 28.8 Å². The Kier molecular flexibility index (Phi) is 6.96. The van der Waals surface area contributed by atoms with E-state index in [4.69, 9.17) is 11.6 Å². The zero-order valence-electron chi connectivity index (χ0n) is 16.1. The van der Waals surface area contributed by atoms with Gasteiger partial charge in [0.05, 0.1) is 11.3 Å². The van der Waals surface area contributed by atoms with Crippen LogP contribution in [0.3, 0.4) is 0 Å². The Morgan fingerprint density at radius 2 is 1.87 bits per heavy atom. The van der Waals surface area contributed by atoms with E-state index >= 15 is 0 Å². The van der Waals surface area contributed by atoms with Gasteiger partial charge in [-0.1, -0.05) is 25.4 Å². The molecule has 0 spiro atoms. The maximum atomic E-state index is 13.0. The first-order valence-corrected chi connectivity index (χ1v) is 9.27. The largest absolute Gasteiger partial charge is 0.454 e. The summed E-state index contributed by atoms with van der Waals surface area (Å²) in [5, 5.41) is 4.34. The number of ether oxygens (including phenoxy) is 1. The molecule has 2 N–H and O–H groups in total. The second-order valence-electron chi connectivity index (χ2n) is 6.51. The second kappa shape index (κ2) is 8.90. The minimum atomic E-state index is -4.77. The summed E-state index contributed by atoms with van der Waals surface area (Å²) < 4.78 is 43.8. The highest BCUT2D eigenvalue weighted by Crippen LogP contribution is 2.36. The SMILES string of the molecule is CCC1(CC)NC(=O)N(CC(=O)OCC(=O)Nc2ccc(Cl)cc2C(F)(F)F)C1=O. The summed E-state index contributed by atoms with van der Waals surface area (Å²) >= 11 is 5.56. The van der Waals surface area contributed by atoms with Gasteiger partial charge in [0, 0.05) is 5.02 Å². The molecule has 0 radical (unpaired) electrons. The Labute approximate surface area is 174 Å². The van der Waals surface area contributed by atoms with Crippen molar-refractivity contribution in [1.82, 2.24) is 10.2 Å². The van der Waals surface area contributed by atoms with Crippen molar-refractivity contribution < 1.29 is 37.1 Å². The van der Waals surface area contributed by atoms with Crippen molar-refractivity contribution >= 4 is 41.1 Å². The van der Waals surface area contributed by atoms with Crippen molar-refractivity contribution in [2.24, 2.45) is 0 Å². The lowest BCUT2D eigenvalue weighted by Crippen LogP contribution is -2.46. The van der Waals surface area contributed by atoms with E-state index in [1.807, 2.05) is 5.32 Å². The van der Waals surface area contributed by atoms with Crippen LogP contribution in [0.1, 0.15) is 32.3 Å². The number of benzene rings is 1. The lowest BCUT2D eigenvalue weighted by Gasteiger charge is -2.22. The Morgan fingerprint density at radius 1 is 1.23 bits per heavy atom. The number of hydrogen-bond donors (Lipinski definition) is 2. The molecule has 0 unspecified atom stereocenters. The van der Waals surface area contributed by atoms with Crippen LogP contribution in [0.5, 0.6) is 0 Å². The van der Waals surface area contributed by atoms with Crippen molar-refractivity contribution in [3.63, 3.8) is 0 Å². The maximum Gasteiger partial charge on any atom is 0.418 e. The van der Waals surface area contributed by atoms with E-state index in [-0.39, 0.29) is 5.02 Å². The molecule has 8 nitrogen and oxygen atoms in total. The van der Waals surface area contributed by atoms with Crippen LogP contribution in [0, 0.1) is 0 Å². The Morgan fingerprint density at radius 3 is 2.40 bits per heavy atom. The average Bonchev–Trinajstić information content (AvgIpc) is 2.91. The Balaban J connectivity index is 1.96. The van der Waals surface area contributed by atoms with Gasteiger partial charge in [0.1, 0.15) is 12.1 Å². The third-order valence-corrected chi connectivity index (χ3v) is 4.90. The summed E-state index contributed by atoms with van der Waals surface area (Å²) in [6, 6.07) is 2.01. The molecule has 30 heavy (non-hydrogen) atoms. The number of hydrogen-bond acceptors (Lipinski definition) is 5. The smallest absolute Gasteiger partial charge is 0.418 e. The number of urea groups is 1. The van der Waals surface area contributed by atoms with Crippen LogP contribution >= 0.6 is 11.6 Å². The number of halogens is 4. The normalized spacial score (nSPS) is 15.7. The first kappa shape index (κ1) is 23.5. The van der Waals surface area contributed by atoms with Gasteiger partial charge in [0.2, 0.25) is 0 Å².